The van der Waals surface area contributed by atoms with Crippen molar-refractivity contribution in [3.05, 3.63) is 47.1 Å². The number of nitrogens with zero attached hydrogens (tertiary/aromatic N) is 1. The van der Waals surface area contributed by atoms with Crippen molar-refractivity contribution in [3.8, 4) is 0 Å². The molecule has 248 valence electrons. The van der Waals surface area contributed by atoms with Gasteiger partial charge in [0.05, 0.1) is 24.9 Å². The number of carbonyl (C=O) groups excluding carboxylic acids is 1. The Morgan fingerprint density at radius 3 is 2.58 bits per heavy atom. The third-order valence-electron chi connectivity index (χ3n) is 11.3. The molecule has 4 fully saturated rings. The molecular formula is C36H51NO8. The Kier molecular flexibility index (Phi) is 9.48. The van der Waals surface area contributed by atoms with E-state index < -0.39 is 41.6 Å². The molecule has 1 saturated carbocycles. The number of hydrogen-bond donors (Lipinski definition) is 3. The Hall–Kier alpha value is -2.30. The van der Waals surface area contributed by atoms with Crippen LogP contribution in [0.15, 0.2) is 52.3 Å². The van der Waals surface area contributed by atoms with Crippen LogP contribution in [-0.4, -0.2) is 75.6 Å². The molecule has 0 unspecified atom stereocenters. The normalized spacial score (nSPS) is 44.2. The van der Waals surface area contributed by atoms with Gasteiger partial charge in [-0.3, -0.25) is 4.79 Å². The van der Waals surface area contributed by atoms with E-state index >= 15 is 0 Å². The number of fused-ring (bicyclic) bond motifs is 2. The smallest absolute Gasteiger partial charge is 0.316 e. The van der Waals surface area contributed by atoms with Crippen molar-refractivity contribution >= 4 is 11.7 Å². The summed E-state index contributed by atoms with van der Waals surface area (Å²) in [5, 5.41) is 36.6. The van der Waals surface area contributed by atoms with Gasteiger partial charge in [-0.05, 0) is 68.1 Å². The minimum absolute atomic E-state index is 0.0579. The molecule has 10 atom stereocenters. The van der Waals surface area contributed by atoms with E-state index in [4.69, 9.17) is 18.9 Å². The summed E-state index contributed by atoms with van der Waals surface area (Å²) in [7, 11) is 0. The van der Waals surface area contributed by atoms with E-state index in [1.54, 1.807) is 25.2 Å². The van der Waals surface area contributed by atoms with Crippen LogP contribution in [-0.2, 0) is 23.7 Å². The molecule has 0 radical (unpaired) electrons. The lowest BCUT2D eigenvalue weighted by molar-refractivity contribution is -0.342. The Morgan fingerprint density at radius 1 is 1.04 bits per heavy atom. The highest BCUT2D eigenvalue weighted by Gasteiger charge is 2.60. The van der Waals surface area contributed by atoms with Crippen LogP contribution >= 0.6 is 0 Å². The molecule has 0 amide bonds. The highest BCUT2D eigenvalue weighted by Crippen LogP contribution is 2.48. The second-order valence-electron chi connectivity index (χ2n) is 14.5. The first kappa shape index (κ1) is 32.6. The first-order valence-corrected chi connectivity index (χ1v) is 17.1. The van der Waals surface area contributed by atoms with Crippen LogP contribution in [0.3, 0.4) is 0 Å². The van der Waals surface area contributed by atoms with E-state index in [2.05, 4.69) is 12.1 Å². The molecular weight excluding hydrogens is 574 g/mol. The molecule has 9 heteroatoms. The maximum atomic E-state index is 14.1. The van der Waals surface area contributed by atoms with Crippen molar-refractivity contribution in [1.29, 1.82) is 0 Å². The lowest BCUT2D eigenvalue weighted by Crippen LogP contribution is -2.57. The molecule has 0 aromatic rings. The lowest BCUT2D eigenvalue weighted by atomic mass is 9.71. The highest BCUT2D eigenvalue weighted by atomic mass is 16.7. The summed E-state index contributed by atoms with van der Waals surface area (Å²) in [6.45, 7) is 7.95. The SMILES string of the molecule is CC1=C[C@H]2C(=O)O[C@H]3C[C@@H](CC=C(C)[C@@H](O)[C@@H](C)C=CC=C4CO[C@H](/C1=N\O)[C@@]42O)O[C@@]1(CC[C@H](C)[C@@H](C2CCCCC2)O1)C3. The molecule has 0 aromatic heterocycles. The molecule has 9 nitrogen and oxygen atoms in total. The van der Waals surface area contributed by atoms with E-state index in [9.17, 15) is 20.2 Å². The van der Waals surface area contributed by atoms with Crippen LogP contribution in [0.1, 0.15) is 91.9 Å². The molecule has 6 rings (SSSR count). The maximum absolute atomic E-state index is 14.1. The van der Waals surface area contributed by atoms with Crippen molar-refractivity contribution < 1.29 is 39.2 Å². The Morgan fingerprint density at radius 2 is 1.82 bits per heavy atom. The fourth-order valence-corrected chi connectivity index (χ4v) is 8.66. The predicted molar refractivity (Wildman–Crippen MR) is 168 cm³/mol. The molecule has 3 saturated heterocycles. The highest BCUT2D eigenvalue weighted by molar-refractivity contribution is 6.06. The van der Waals surface area contributed by atoms with E-state index in [1.807, 2.05) is 26.0 Å². The zero-order chi connectivity index (χ0) is 31.9. The monoisotopic (exact) mass is 625 g/mol. The van der Waals surface area contributed by atoms with Gasteiger partial charge in [0.25, 0.3) is 0 Å². The zero-order valence-electron chi connectivity index (χ0n) is 27.2. The van der Waals surface area contributed by atoms with Crippen molar-refractivity contribution in [2.45, 2.75) is 134 Å². The predicted octanol–water partition coefficient (Wildman–Crippen LogP) is 5.53. The lowest BCUT2D eigenvalue weighted by Gasteiger charge is -2.51. The van der Waals surface area contributed by atoms with Gasteiger partial charge in [0.15, 0.2) is 5.79 Å². The van der Waals surface area contributed by atoms with Crippen molar-refractivity contribution in [3.63, 3.8) is 0 Å². The summed E-state index contributed by atoms with van der Waals surface area (Å²) >= 11 is 0. The number of ether oxygens (including phenoxy) is 4. The van der Waals surface area contributed by atoms with Crippen LogP contribution in [0.25, 0.3) is 0 Å². The quantitative estimate of drug-likeness (QED) is 0.150. The van der Waals surface area contributed by atoms with E-state index in [0.29, 0.717) is 42.2 Å². The zero-order valence-corrected chi connectivity index (χ0v) is 27.2. The van der Waals surface area contributed by atoms with Gasteiger partial charge >= 0.3 is 5.97 Å². The van der Waals surface area contributed by atoms with Gasteiger partial charge in [0.2, 0.25) is 0 Å². The van der Waals surface area contributed by atoms with Crippen LogP contribution in [0.4, 0.5) is 0 Å². The average molecular weight is 626 g/mol. The number of carbonyl (C=O) groups is 1. The van der Waals surface area contributed by atoms with Gasteiger partial charge < -0.3 is 34.4 Å². The van der Waals surface area contributed by atoms with Crippen LogP contribution in [0.5, 0.6) is 0 Å². The number of allylic oxidation sites excluding steroid dienone is 2. The third-order valence-corrected chi connectivity index (χ3v) is 11.3. The van der Waals surface area contributed by atoms with Crippen LogP contribution in [0.2, 0.25) is 0 Å². The fourth-order valence-electron chi connectivity index (χ4n) is 8.66. The molecule has 45 heavy (non-hydrogen) atoms. The Labute approximate surface area is 267 Å². The number of rotatable bonds is 1. The molecule has 1 spiro atoms. The minimum atomic E-state index is -1.79. The van der Waals surface area contributed by atoms with Crippen molar-refractivity contribution in [2.24, 2.45) is 28.8 Å². The summed E-state index contributed by atoms with van der Waals surface area (Å²) in [4.78, 5) is 14.1. The van der Waals surface area contributed by atoms with E-state index in [-0.39, 0.29) is 30.4 Å². The number of hydrogen-bond acceptors (Lipinski definition) is 9. The Bertz CT molecular complexity index is 1280. The van der Waals surface area contributed by atoms with Crippen LogP contribution in [0, 0.1) is 23.7 Å². The number of esters is 1. The Balaban J connectivity index is 1.36. The summed E-state index contributed by atoms with van der Waals surface area (Å²) < 4.78 is 26.1. The molecule has 0 aromatic carbocycles. The number of aliphatic hydroxyl groups is 2. The van der Waals surface area contributed by atoms with Crippen LogP contribution < -0.4 is 0 Å². The van der Waals surface area contributed by atoms with E-state index in [1.165, 1.54) is 32.1 Å². The molecule has 2 bridgehead atoms. The first-order valence-electron chi connectivity index (χ1n) is 17.1. The molecule has 4 aliphatic heterocycles. The molecule has 3 N–H and O–H groups in total. The first-order chi connectivity index (χ1) is 21.5. The number of oxime groups is 1. The van der Waals surface area contributed by atoms with Gasteiger partial charge in [-0.1, -0.05) is 68.6 Å². The van der Waals surface area contributed by atoms with Gasteiger partial charge in [-0.15, -0.1) is 0 Å². The average Bonchev–Trinajstić information content (AvgIpc) is 3.36. The maximum Gasteiger partial charge on any atom is 0.316 e. The van der Waals surface area contributed by atoms with Gasteiger partial charge in [-0.25, -0.2) is 0 Å². The molecule has 6 aliphatic rings. The minimum Gasteiger partial charge on any atom is -0.462 e. The molecule has 4 heterocycles. The topological polar surface area (TPSA) is 127 Å². The summed E-state index contributed by atoms with van der Waals surface area (Å²) in [6.07, 6.45) is 15.9. The molecule has 2 aliphatic carbocycles. The van der Waals surface area contributed by atoms with Crippen molar-refractivity contribution in [2.75, 3.05) is 6.61 Å². The summed E-state index contributed by atoms with van der Waals surface area (Å²) in [5.41, 5.74) is 0.289. The van der Waals surface area contributed by atoms with Gasteiger partial charge in [-0.2, -0.15) is 0 Å². The second-order valence-corrected chi connectivity index (χ2v) is 14.5. The number of aliphatic hydroxyl groups excluding tert-OH is 1. The summed E-state index contributed by atoms with van der Waals surface area (Å²) in [6, 6.07) is 0. The van der Waals surface area contributed by atoms with E-state index in [0.717, 1.165) is 18.4 Å². The third kappa shape index (κ3) is 6.23. The van der Waals surface area contributed by atoms with Gasteiger partial charge in [0.1, 0.15) is 29.4 Å². The summed E-state index contributed by atoms with van der Waals surface area (Å²) in [5.74, 6) is -1.74. The second kappa shape index (κ2) is 13.1. The standard InChI is InChI=1S/C36H51NO8/c1-21-9-8-12-26-20-42-33-30(37-41)24(4)17-29(36(26,33)40)34(39)43-28-18-27(14-13-22(2)31(21)38)44-35(19-28)16-15-23(3)32(45-35)25-10-6-5-7-11-25/h8-9,12-13,17,21,23,25,27-29,31-33,38,40-41H,5-7,10-11,14-16,18-20H2,1-4H3/b9-8?,22-13?,26-12?,37-30-/t21-,23-,27+,28-,29-,31-,32-,33+,35+,36+/m0/s1. The van der Waals surface area contributed by atoms with Crippen molar-refractivity contribution in [1.82, 2.24) is 0 Å². The largest absolute Gasteiger partial charge is 0.462 e. The van der Waals surface area contributed by atoms with Gasteiger partial charge in [0, 0.05) is 25.2 Å². The fraction of sp³-hybridized carbons (Fsp3) is 0.722.